The van der Waals surface area contributed by atoms with E-state index >= 15 is 0 Å². The summed E-state index contributed by atoms with van der Waals surface area (Å²) in [5.74, 6) is 3.18. The lowest BCUT2D eigenvalue weighted by Crippen LogP contribution is -2.24. The average Bonchev–Trinajstić information content (AvgIpc) is 3.21. The highest BCUT2D eigenvalue weighted by molar-refractivity contribution is 8.21. The van der Waals surface area contributed by atoms with E-state index in [0.717, 1.165) is 6.54 Å². The molecule has 3 rings (SSSR count). The Morgan fingerprint density at radius 1 is 1.17 bits per heavy atom. The Morgan fingerprint density at radius 3 is 2.52 bits per heavy atom. The van der Waals surface area contributed by atoms with Crippen LogP contribution in [0.4, 0.5) is 0 Å². The first-order valence-electron chi connectivity index (χ1n) is 8.49. The van der Waals surface area contributed by atoms with Crippen molar-refractivity contribution in [3.05, 3.63) is 54.1 Å². The van der Waals surface area contributed by atoms with Crippen molar-refractivity contribution in [2.45, 2.75) is 49.7 Å². The molecule has 1 aliphatic heterocycles. The molecule has 4 heteroatoms. The van der Waals surface area contributed by atoms with Crippen molar-refractivity contribution in [2.24, 2.45) is 0 Å². The average molecular weight is 347 g/mol. The topological polar surface area (TPSA) is 17.8 Å². The minimum Gasteiger partial charge on any atom is -0.335 e. The summed E-state index contributed by atoms with van der Waals surface area (Å²) in [5.41, 5.74) is 2.91. The van der Waals surface area contributed by atoms with E-state index in [9.17, 15) is 0 Å². The van der Waals surface area contributed by atoms with Crippen LogP contribution in [-0.2, 0) is 13.0 Å². The summed E-state index contributed by atoms with van der Waals surface area (Å²) in [4.78, 5) is 4.19. The maximum Gasteiger partial charge on any atom is 0.0946 e. The van der Waals surface area contributed by atoms with Crippen LogP contribution in [0.15, 0.2) is 43.0 Å². The Kier molecular flexibility index (Phi) is 5.76. The Morgan fingerprint density at radius 2 is 1.91 bits per heavy atom. The number of benzene rings is 1. The third-order valence-corrected chi connectivity index (χ3v) is 7.97. The van der Waals surface area contributed by atoms with Crippen LogP contribution in [0, 0.1) is 0 Å². The van der Waals surface area contributed by atoms with Crippen molar-refractivity contribution in [1.29, 1.82) is 0 Å². The maximum atomic E-state index is 4.19. The van der Waals surface area contributed by atoms with Gasteiger partial charge in [-0.25, -0.2) is 4.98 Å². The van der Waals surface area contributed by atoms with Gasteiger partial charge in [-0.2, -0.15) is 0 Å². The van der Waals surface area contributed by atoms with Gasteiger partial charge < -0.3 is 4.57 Å². The van der Waals surface area contributed by atoms with Crippen molar-refractivity contribution >= 4 is 23.5 Å². The Bertz CT molecular complexity index is 584. The second kappa shape index (κ2) is 7.80. The number of nitrogens with zero attached hydrogens (tertiary/aromatic N) is 2. The molecular weight excluding hydrogens is 320 g/mol. The highest BCUT2D eigenvalue weighted by atomic mass is 32.2. The fourth-order valence-electron chi connectivity index (χ4n) is 3.10. The lowest BCUT2D eigenvalue weighted by atomic mass is 9.99. The molecule has 0 aliphatic carbocycles. The molecule has 0 spiro atoms. The molecule has 1 aliphatic rings. The molecule has 1 aromatic carbocycles. The van der Waals surface area contributed by atoms with Crippen LogP contribution in [0.2, 0.25) is 0 Å². The molecule has 0 unspecified atom stereocenters. The summed E-state index contributed by atoms with van der Waals surface area (Å²) in [6, 6.07) is 9.21. The van der Waals surface area contributed by atoms with Gasteiger partial charge in [0.15, 0.2) is 0 Å². The molecule has 0 bridgehead atoms. The number of hydrogen-bond donors (Lipinski definition) is 0. The third kappa shape index (κ3) is 4.57. The minimum absolute atomic E-state index is 0.346. The fraction of sp³-hybridized carbons (Fsp3) is 0.526. The first-order valence-corrected chi connectivity index (χ1v) is 10.5. The molecule has 0 radical (unpaired) electrons. The van der Waals surface area contributed by atoms with Crippen molar-refractivity contribution in [1.82, 2.24) is 9.55 Å². The van der Waals surface area contributed by atoms with E-state index in [4.69, 9.17) is 0 Å². The van der Waals surface area contributed by atoms with Gasteiger partial charge in [0, 0.05) is 30.4 Å². The number of thioether (sulfide) groups is 2. The Labute approximate surface area is 148 Å². The summed E-state index contributed by atoms with van der Waals surface area (Å²) < 4.78 is 2.58. The van der Waals surface area contributed by atoms with Crippen molar-refractivity contribution in [2.75, 3.05) is 11.5 Å². The molecule has 2 aromatic rings. The zero-order valence-electron chi connectivity index (χ0n) is 14.1. The van der Waals surface area contributed by atoms with Crippen LogP contribution < -0.4 is 0 Å². The van der Waals surface area contributed by atoms with Gasteiger partial charge in [-0.1, -0.05) is 38.1 Å². The van der Waals surface area contributed by atoms with Crippen LogP contribution in [-0.4, -0.2) is 25.1 Å². The first-order chi connectivity index (χ1) is 11.2. The molecule has 2 nitrogen and oxygen atoms in total. The van der Waals surface area contributed by atoms with E-state index < -0.39 is 0 Å². The van der Waals surface area contributed by atoms with E-state index in [1.54, 1.807) is 0 Å². The highest BCUT2D eigenvalue weighted by Crippen LogP contribution is 2.48. The predicted octanol–water partition coefficient (Wildman–Crippen LogP) is 5.21. The highest BCUT2D eigenvalue weighted by Gasteiger charge is 2.35. The van der Waals surface area contributed by atoms with Crippen LogP contribution in [0.5, 0.6) is 0 Å². The number of imidazole rings is 1. The molecule has 124 valence electrons. The summed E-state index contributed by atoms with van der Waals surface area (Å²) >= 11 is 4.29. The van der Waals surface area contributed by atoms with Gasteiger partial charge in [-0.05, 0) is 36.3 Å². The molecule has 1 saturated heterocycles. The largest absolute Gasteiger partial charge is 0.335 e. The molecule has 0 saturated carbocycles. The SMILES string of the molecule is CC(C)c1ccc(CCCC2(Cn3ccnc3)SCCS2)cc1. The number of hydrogen-bond acceptors (Lipinski definition) is 3. The van der Waals surface area contributed by atoms with Gasteiger partial charge >= 0.3 is 0 Å². The standard InChI is InChI=1S/C19H26N2S2/c1-16(2)18-7-5-17(6-8-18)4-3-9-19(22-12-13-23-19)14-21-11-10-20-15-21/h5-8,10-11,15-16H,3-4,9,12-14H2,1-2H3. The number of aromatic nitrogens is 2. The van der Waals surface area contributed by atoms with E-state index in [-0.39, 0.29) is 0 Å². The molecule has 0 N–H and O–H groups in total. The third-order valence-electron chi connectivity index (χ3n) is 4.47. The van der Waals surface area contributed by atoms with Gasteiger partial charge in [0.2, 0.25) is 0 Å². The van der Waals surface area contributed by atoms with Crippen molar-refractivity contribution < 1.29 is 0 Å². The smallest absolute Gasteiger partial charge is 0.0946 e. The lowest BCUT2D eigenvalue weighted by Gasteiger charge is -2.27. The van der Waals surface area contributed by atoms with Gasteiger partial charge in [0.1, 0.15) is 0 Å². The summed E-state index contributed by atoms with van der Waals surface area (Å²) in [7, 11) is 0. The van der Waals surface area contributed by atoms with Crippen LogP contribution in [0.3, 0.4) is 0 Å². The quantitative estimate of drug-likeness (QED) is 0.686. The van der Waals surface area contributed by atoms with E-state index in [1.165, 1.54) is 41.9 Å². The summed E-state index contributed by atoms with van der Waals surface area (Å²) in [5, 5.41) is 0. The second-order valence-electron chi connectivity index (χ2n) is 6.59. The van der Waals surface area contributed by atoms with Crippen LogP contribution in [0.25, 0.3) is 0 Å². The van der Waals surface area contributed by atoms with Crippen molar-refractivity contribution in [3.8, 4) is 0 Å². The van der Waals surface area contributed by atoms with E-state index in [0.29, 0.717) is 10.00 Å². The lowest BCUT2D eigenvalue weighted by molar-refractivity contribution is 0.572. The van der Waals surface area contributed by atoms with E-state index in [1.807, 2.05) is 12.5 Å². The molecule has 1 fully saturated rings. The zero-order valence-corrected chi connectivity index (χ0v) is 15.7. The number of aryl methyl sites for hydroxylation is 1. The Balaban J connectivity index is 1.55. The first kappa shape index (κ1) is 17.0. The Hall–Kier alpha value is -0.870. The maximum absolute atomic E-state index is 4.19. The normalized spacial score (nSPS) is 17.0. The zero-order chi connectivity index (χ0) is 16.1. The molecule has 1 aromatic heterocycles. The van der Waals surface area contributed by atoms with Gasteiger partial charge in [0.25, 0.3) is 0 Å². The van der Waals surface area contributed by atoms with Crippen molar-refractivity contribution in [3.63, 3.8) is 0 Å². The monoisotopic (exact) mass is 346 g/mol. The molecule has 0 amide bonds. The molecular formula is C19H26N2S2. The molecule has 23 heavy (non-hydrogen) atoms. The molecule has 0 atom stereocenters. The fourth-order valence-corrected chi connectivity index (χ4v) is 6.40. The minimum atomic E-state index is 0.346. The molecule has 2 heterocycles. The second-order valence-corrected chi connectivity index (χ2v) is 9.81. The number of rotatable bonds is 7. The van der Waals surface area contributed by atoms with Crippen LogP contribution in [0.1, 0.15) is 43.7 Å². The van der Waals surface area contributed by atoms with Crippen LogP contribution >= 0.6 is 23.5 Å². The van der Waals surface area contributed by atoms with Gasteiger partial charge in [0.05, 0.1) is 10.4 Å². The summed E-state index contributed by atoms with van der Waals surface area (Å²) in [6.07, 6.45) is 9.64. The van der Waals surface area contributed by atoms with Gasteiger partial charge in [-0.3, -0.25) is 0 Å². The predicted molar refractivity (Wildman–Crippen MR) is 103 cm³/mol. The van der Waals surface area contributed by atoms with E-state index in [2.05, 4.69) is 77.4 Å². The van der Waals surface area contributed by atoms with Gasteiger partial charge in [-0.15, -0.1) is 23.5 Å². The summed E-state index contributed by atoms with van der Waals surface area (Å²) in [6.45, 7) is 5.58.